The zero-order valence-corrected chi connectivity index (χ0v) is 13.0. The predicted octanol–water partition coefficient (Wildman–Crippen LogP) is 3.38. The Bertz CT molecular complexity index is 493. The summed E-state index contributed by atoms with van der Waals surface area (Å²) in [5, 5.41) is 11.9. The molecule has 2 rings (SSSR count). The number of amides is 1. The second kappa shape index (κ2) is 7.50. The van der Waals surface area contributed by atoms with Gasteiger partial charge in [0.2, 0.25) is 5.91 Å². The summed E-state index contributed by atoms with van der Waals surface area (Å²) in [7, 11) is 0. The minimum atomic E-state index is -0.738. The van der Waals surface area contributed by atoms with Crippen LogP contribution < -0.4 is 5.32 Å². The minimum absolute atomic E-state index is 0.0106. The van der Waals surface area contributed by atoms with E-state index in [1.807, 2.05) is 24.3 Å². The normalized spacial score (nSPS) is 21.8. The highest BCUT2D eigenvalue weighted by molar-refractivity contribution is 7.97. The fraction of sp³-hybridized carbons (Fsp3) is 0.500. The average Bonchev–Trinajstić information content (AvgIpc) is 2.49. The molecule has 1 aromatic carbocycles. The van der Waals surface area contributed by atoms with Gasteiger partial charge in [0, 0.05) is 17.4 Å². The highest BCUT2D eigenvalue weighted by Crippen LogP contribution is 2.29. The first-order chi connectivity index (χ1) is 10.1. The lowest BCUT2D eigenvalue weighted by Crippen LogP contribution is -2.29. The first kappa shape index (κ1) is 15.9. The number of carbonyl (C=O) groups excluding carboxylic acids is 1. The van der Waals surface area contributed by atoms with Crippen LogP contribution in [0.25, 0.3) is 0 Å². The lowest BCUT2D eigenvalue weighted by atomic mass is 9.81. The van der Waals surface area contributed by atoms with Crippen molar-refractivity contribution in [2.75, 3.05) is 11.6 Å². The van der Waals surface area contributed by atoms with E-state index >= 15 is 0 Å². The third kappa shape index (κ3) is 4.49. The van der Waals surface area contributed by atoms with Crippen molar-refractivity contribution in [2.24, 2.45) is 11.8 Å². The van der Waals surface area contributed by atoms with Crippen LogP contribution in [0.2, 0.25) is 0 Å². The second-order valence-corrected chi connectivity index (χ2v) is 6.37. The van der Waals surface area contributed by atoms with E-state index in [9.17, 15) is 9.59 Å². The Balaban J connectivity index is 1.85. The number of carboxylic acids is 1. The van der Waals surface area contributed by atoms with E-state index in [0.29, 0.717) is 25.7 Å². The number of anilines is 1. The molecule has 0 spiro atoms. The molecule has 2 N–H and O–H groups in total. The van der Waals surface area contributed by atoms with Crippen LogP contribution >= 0.6 is 11.8 Å². The number of rotatable bonds is 5. The van der Waals surface area contributed by atoms with Crippen molar-refractivity contribution in [3.05, 3.63) is 29.8 Å². The van der Waals surface area contributed by atoms with Crippen molar-refractivity contribution >= 4 is 29.3 Å². The first-order valence-corrected chi connectivity index (χ1v) is 8.61. The van der Waals surface area contributed by atoms with Gasteiger partial charge in [0.05, 0.1) is 5.92 Å². The summed E-state index contributed by atoms with van der Waals surface area (Å²) >= 11 is 1.76. The summed E-state index contributed by atoms with van der Waals surface area (Å²) in [6.07, 6.45) is 4.57. The van der Waals surface area contributed by atoms with Crippen molar-refractivity contribution in [2.45, 2.75) is 31.4 Å². The van der Waals surface area contributed by atoms with Crippen molar-refractivity contribution in [3.8, 4) is 0 Å². The van der Waals surface area contributed by atoms with Crippen LogP contribution in [0.1, 0.15) is 31.2 Å². The number of hydrogen-bond acceptors (Lipinski definition) is 3. The third-order valence-electron chi connectivity index (χ3n) is 3.98. The van der Waals surface area contributed by atoms with Gasteiger partial charge in [-0.25, -0.2) is 0 Å². The Morgan fingerprint density at radius 1 is 1.14 bits per heavy atom. The SMILES string of the molecule is CSCc1ccc(NC(=O)C2CCC(C(=O)O)CC2)cc1. The molecule has 5 heteroatoms. The Kier molecular flexibility index (Phi) is 5.67. The summed E-state index contributed by atoms with van der Waals surface area (Å²) in [4.78, 5) is 23.1. The maximum absolute atomic E-state index is 12.2. The summed E-state index contributed by atoms with van der Waals surface area (Å²) in [5.74, 6) is -0.103. The lowest BCUT2D eigenvalue weighted by Gasteiger charge is -2.25. The van der Waals surface area contributed by atoms with Crippen LogP contribution in [-0.4, -0.2) is 23.2 Å². The molecule has 114 valence electrons. The van der Waals surface area contributed by atoms with Crippen LogP contribution in [0, 0.1) is 11.8 Å². The molecule has 1 aromatic rings. The number of aliphatic carboxylic acids is 1. The quantitative estimate of drug-likeness (QED) is 0.875. The first-order valence-electron chi connectivity index (χ1n) is 7.21. The van der Waals surface area contributed by atoms with Gasteiger partial charge in [-0.05, 0) is 49.6 Å². The van der Waals surface area contributed by atoms with Gasteiger partial charge >= 0.3 is 5.97 Å². The number of carboxylic acid groups (broad SMARTS) is 1. The number of hydrogen-bond donors (Lipinski definition) is 2. The number of thioether (sulfide) groups is 1. The molecule has 0 radical (unpaired) electrons. The topological polar surface area (TPSA) is 66.4 Å². The summed E-state index contributed by atoms with van der Waals surface area (Å²) < 4.78 is 0. The summed E-state index contributed by atoms with van der Waals surface area (Å²) in [5.41, 5.74) is 2.05. The number of carbonyl (C=O) groups is 2. The zero-order chi connectivity index (χ0) is 15.2. The van der Waals surface area contributed by atoms with Gasteiger partial charge in [0.1, 0.15) is 0 Å². The van der Waals surface area contributed by atoms with Crippen LogP contribution in [0.5, 0.6) is 0 Å². The summed E-state index contributed by atoms with van der Waals surface area (Å²) in [6.45, 7) is 0. The third-order valence-corrected chi connectivity index (χ3v) is 4.60. The molecule has 0 unspecified atom stereocenters. The molecule has 4 nitrogen and oxygen atoms in total. The molecular weight excluding hydrogens is 286 g/mol. The van der Waals surface area contributed by atoms with Crippen LogP contribution in [0.15, 0.2) is 24.3 Å². The monoisotopic (exact) mass is 307 g/mol. The molecular formula is C16H21NO3S. The Labute approximate surface area is 129 Å². The standard InChI is InChI=1S/C16H21NO3S/c1-21-10-11-2-8-14(9-3-11)17-15(18)12-4-6-13(7-5-12)16(19)20/h2-3,8-9,12-13H,4-7,10H2,1H3,(H,17,18)(H,19,20). The van der Waals surface area contributed by atoms with E-state index in [4.69, 9.17) is 5.11 Å². The average molecular weight is 307 g/mol. The minimum Gasteiger partial charge on any atom is -0.481 e. The number of nitrogens with one attached hydrogen (secondary N) is 1. The van der Waals surface area contributed by atoms with Crippen molar-refractivity contribution < 1.29 is 14.7 Å². The van der Waals surface area contributed by atoms with Crippen molar-refractivity contribution in [1.82, 2.24) is 0 Å². The fourth-order valence-electron chi connectivity index (χ4n) is 2.70. The van der Waals surface area contributed by atoms with Crippen LogP contribution in [0.3, 0.4) is 0 Å². The summed E-state index contributed by atoms with van der Waals surface area (Å²) in [6, 6.07) is 7.89. The molecule has 1 saturated carbocycles. The predicted molar refractivity (Wildman–Crippen MR) is 85.4 cm³/mol. The van der Waals surface area contributed by atoms with E-state index in [0.717, 1.165) is 11.4 Å². The highest BCUT2D eigenvalue weighted by atomic mass is 32.2. The van der Waals surface area contributed by atoms with Gasteiger partial charge in [-0.1, -0.05) is 12.1 Å². The van der Waals surface area contributed by atoms with Gasteiger partial charge in [-0.15, -0.1) is 0 Å². The Morgan fingerprint density at radius 3 is 2.24 bits per heavy atom. The Hall–Kier alpha value is -1.49. The van der Waals surface area contributed by atoms with Gasteiger partial charge < -0.3 is 10.4 Å². The van der Waals surface area contributed by atoms with Crippen LogP contribution in [0.4, 0.5) is 5.69 Å². The molecule has 1 fully saturated rings. The van der Waals surface area contributed by atoms with E-state index in [1.165, 1.54) is 5.56 Å². The fourth-order valence-corrected chi connectivity index (χ4v) is 3.22. The highest BCUT2D eigenvalue weighted by Gasteiger charge is 2.29. The van der Waals surface area contributed by atoms with Gasteiger partial charge in [-0.2, -0.15) is 11.8 Å². The Morgan fingerprint density at radius 2 is 1.71 bits per heavy atom. The molecule has 0 bridgehead atoms. The molecule has 0 saturated heterocycles. The molecule has 1 aliphatic rings. The van der Waals surface area contributed by atoms with Gasteiger partial charge in [0.25, 0.3) is 0 Å². The molecule has 1 amide bonds. The maximum atomic E-state index is 12.2. The van der Waals surface area contributed by atoms with Crippen molar-refractivity contribution in [1.29, 1.82) is 0 Å². The van der Waals surface area contributed by atoms with Crippen LogP contribution in [-0.2, 0) is 15.3 Å². The molecule has 21 heavy (non-hydrogen) atoms. The second-order valence-electron chi connectivity index (χ2n) is 5.51. The molecule has 0 atom stereocenters. The molecule has 1 aliphatic carbocycles. The maximum Gasteiger partial charge on any atom is 0.306 e. The number of benzene rings is 1. The van der Waals surface area contributed by atoms with E-state index in [2.05, 4.69) is 11.6 Å². The van der Waals surface area contributed by atoms with E-state index < -0.39 is 5.97 Å². The van der Waals surface area contributed by atoms with Gasteiger partial charge in [-0.3, -0.25) is 9.59 Å². The smallest absolute Gasteiger partial charge is 0.306 e. The zero-order valence-electron chi connectivity index (χ0n) is 12.2. The van der Waals surface area contributed by atoms with E-state index in [-0.39, 0.29) is 17.7 Å². The van der Waals surface area contributed by atoms with E-state index in [1.54, 1.807) is 11.8 Å². The largest absolute Gasteiger partial charge is 0.481 e. The van der Waals surface area contributed by atoms with Crippen molar-refractivity contribution in [3.63, 3.8) is 0 Å². The molecule has 0 heterocycles. The molecule has 0 aromatic heterocycles. The lowest BCUT2D eigenvalue weighted by molar-refractivity contribution is -0.143. The molecule has 0 aliphatic heterocycles. The van der Waals surface area contributed by atoms with Gasteiger partial charge in [0.15, 0.2) is 0 Å².